The molecule has 2 rings (SSSR count). The second-order valence-electron chi connectivity index (χ2n) is 4.19. The minimum absolute atomic E-state index is 0.0933. The van der Waals surface area contributed by atoms with Gasteiger partial charge < -0.3 is 19.9 Å². The third-order valence-corrected chi connectivity index (χ3v) is 3.23. The summed E-state index contributed by atoms with van der Waals surface area (Å²) >= 11 is 0. The first-order chi connectivity index (χ1) is 6.81. The van der Waals surface area contributed by atoms with E-state index in [2.05, 4.69) is 5.32 Å². The van der Waals surface area contributed by atoms with Crippen LogP contribution in [0.25, 0.3) is 0 Å². The Morgan fingerprint density at radius 1 is 1.29 bits per heavy atom. The lowest BCUT2D eigenvalue weighted by Gasteiger charge is -2.24. The van der Waals surface area contributed by atoms with E-state index >= 15 is 0 Å². The molecule has 2 aliphatic rings. The molecule has 0 spiro atoms. The molecule has 1 aliphatic carbocycles. The van der Waals surface area contributed by atoms with E-state index in [1.807, 2.05) is 0 Å². The fraction of sp³-hybridized carbons (Fsp3) is 1.00. The van der Waals surface area contributed by atoms with E-state index in [9.17, 15) is 5.11 Å². The number of hydrogen-bond acceptors (Lipinski definition) is 4. The molecular formula is C10H19NO3. The van der Waals surface area contributed by atoms with Crippen LogP contribution in [-0.2, 0) is 9.47 Å². The number of nitrogens with one attached hydrogen (secondary N) is 1. The maximum absolute atomic E-state index is 9.58. The summed E-state index contributed by atoms with van der Waals surface area (Å²) < 4.78 is 10.6. The zero-order chi connectivity index (χ0) is 9.97. The molecule has 4 atom stereocenters. The predicted octanol–water partition coefficient (Wildman–Crippen LogP) is -0.0968. The van der Waals surface area contributed by atoms with Gasteiger partial charge in [0.15, 0.2) is 0 Å². The lowest BCUT2D eigenvalue weighted by Crippen LogP contribution is -2.48. The van der Waals surface area contributed by atoms with Gasteiger partial charge >= 0.3 is 0 Å². The highest BCUT2D eigenvalue weighted by Gasteiger charge is 2.33. The summed E-state index contributed by atoms with van der Waals surface area (Å²) in [4.78, 5) is 0. The largest absolute Gasteiger partial charge is 0.389 e. The highest BCUT2D eigenvalue weighted by Crippen LogP contribution is 2.22. The van der Waals surface area contributed by atoms with Gasteiger partial charge in [0.1, 0.15) is 0 Å². The molecule has 82 valence electrons. The molecule has 2 unspecified atom stereocenters. The van der Waals surface area contributed by atoms with Gasteiger partial charge in [0.05, 0.1) is 31.5 Å². The third kappa shape index (κ3) is 2.08. The van der Waals surface area contributed by atoms with E-state index in [1.54, 1.807) is 7.11 Å². The normalized spacial score (nSPS) is 43.3. The molecule has 0 bridgehead atoms. The molecule has 0 aromatic heterocycles. The highest BCUT2D eigenvalue weighted by atomic mass is 16.5. The first-order valence-electron chi connectivity index (χ1n) is 5.36. The number of methoxy groups -OCH3 is 1. The van der Waals surface area contributed by atoms with Crippen molar-refractivity contribution < 1.29 is 14.6 Å². The van der Waals surface area contributed by atoms with Gasteiger partial charge in [-0.3, -0.25) is 0 Å². The van der Waals surface area contributed by atoms with Gasteiger partial charge in [-0.25, -0.2) is 0 Å². The lowest BCUT2D eigenvalue weighted by molar-refractivity contribution is 0.0720. The molecule has 1 saturated carbocycles. The van der Waals surface area contributed by atoms with E-state index in [-0.39, 0.29) is 12.1 Å². The molecule has 1 heterocycles. The van der Waals surface area contributed by atoms with Crippen molar-refractivity contribution >= 4 is 0 Å². The zero-order valence-electron chi connectivity index (χ0n) is 8.61. The van der Waals surface area contributed by atoms with Gasteiger partial charge in [-0.2, -0.15) is 0 Å². The fourth-order valence-corrected chi connectivity index (χ4v) is 2.38. The van der Waals surface area contributed by atoms with Crippen molar-refractivity contribution in [1.82, 2.24) is 5.32 Å². The van der Waals surface area contributed by atoms with Gasteiger partial charge in [0, 0.05) is 13.2 Å². The smallest absolute Gasteiger partial charge is 0.0948 e. The van der Waals surface area contributed by atoms with E-state index in [4.69, 9.17) is 9.47 Å². The van der Waals surface area contributed by atoms with Crippen LogP contribution in [0.4, 0.5) is 0 Å². The Morgan fingerprint density at radius 2 is 2.14 bits per heavy atom. The molecule has 14 heavy (non-hydrogen) atoms. The Balaban J connectivity index is 1.83. The summed E-state index contributed by atoms with van der Waals surface area (Å²) in [5.74, 6) is 0. The van der Waals surface area contributed by atoms with Crippen LogP contribution in [0.15, 0.2) is 0 Å². The first kappa shape index (κ1) is 10.4. The third-order valence-electron chi connectivity index (χ3n) is 3.23. The summed E-state index contributed by atoms with van der Waals surface area (Å²) in [6.45, 7) is 1.08. The van der Waals surface area contributed by atoms with E-state index < -0.39 is 0 Å². The van der Waals surface area contributed by atoms with Crippen molar-refractivity contribution in [2.24, 2.45) is 0 Å². The average molecular weight is 201 g/mol. The second-order valence-corrected chi connectivity index (χ2v) is 4.19. The van der Waals surface area contributed by atoms with Crippen molar-refractivity contribution in [2.45, 2.75) is 43.6 Å². The molecule has 4 nitrogen and oxygen atoms in total. The molecule has 1 aliphatic heterocycles. The summed E-state index contributed by atoms with van der Waals surface area (Å²) in [5.41, 5.74) is 0. The van der Waals surface area contributed by atoms with Crippen LogP contribution in [0.3, 0.4) is 0 Å². The van der Waals surface area contributed by atoms with Crippen molar-refractivity contribution in [2.75, 3.05) is 20.3 Å². The summed E-state index contributed by atoms with van der Waals surface area (Å²) in [5, 5.41) is 13.0. The fourth-order valence-electron chi connectivity index (χ4n) is 2.38. The van der Waals surface area contributed by atoms with Gasteiger partial charge in [0.2, 0.25) is 0 Å². The van der Waals surface area contributed by atoms with Crippen molar-refractivity contribution in [3.05, 3.63) is 0 Å². The Kier molecular flexibility index (Phi) is 3.38. The van der Waals surface area contributed by atoms with Crippen LogP contribution in [0, 0.1) is 0 Å². The lowest BCUT2D eigenvalue weighted by atomic mass is 10.1. The molecule has 0 aromatic rings. The van der Waals surface area contributed by atoms with Crippen LogP contribution < -0.4 is 5.32 Å². The Morgan fingerprint density at radius 3 is 2.79 bits per heavy atom. The Hall–Kier alpha value is -0.160. The second kappa shape index (κ2) is 4.57. The quantitative estimate of drug-likeness (QED) is 0.669. The topological polar surface area (TPSA) is 50.7 Å². The minimum Gasteiger partial charge on any atom is -0.389 e. The van der Waals surface area contributed by atoms with E-state index in [0.717, 1.165) is 12.8 Å². The maximum Gasteiger partial charge on any atom is 0.0948 e. The van der Waals surface area contributed by atoms with Crippen LogP contribution in [0.5, 0.6) is 0 Å². The average Bonchev–Trinajstić information content (AvgIpc) is 2.77. The van der Waals surface area contributed by atoms with E-state index in [1.165, 1.54) is 6.42 Å². The summed E-state index contributed by atoms with van der Waals surface area (Å²) in [7, 11) is 1.76. The van der Waals surface area contributed by atoms with Crippen LogP contribution in [0.2, 0.25) is 0 Å². The zero-order valence-corrected chi connectivity index (χ0v) is 8.61. The van der Waals surface area contributed by atoms with Gasteiger partial charge in [-0.1, -0.05) is 0 Å². The number of ether oxygens (including phenoxy) is 2. The summed E-state index contributed by atoms with van der Waals surface area (Å²) in [6, 6.07) is 0.483. The van der Waals surface area contributed by atoms with Gasteiger partial charge in [-0.15, -0.1) is 0 Å². The number of aliphatic hydroxyl groups is 1. The van der Waals surface area contributed by atoms with Crippen molar-refractivity contribution in [3.8, 4) is 0 Å². The number of rotatable bonds is 3. The first-order valence-corrected chi connectivity index (χ1v) is 5.36. The standard InChI is InChI=1S/C10H19NO3/c1-13-10-4-2-3-7(10)11-8-5-14-6-9(8)12/h7-12H,2-6H2,1H3/t7?,8-,9-,10?/m1/s1. The molecule has 0 radical (unpaired) electrons. The molecule has 0 aromatic carbocycles. The van der Waals surface area contributed by atoms with Crippen molar-refractivity contribution in [3.63, 3.8) is 0 Å². The van der Waals surface area contributed by atoms with Crippen LogP contribution in [0.1, 0.15) is 19.3 Å². The Labute approximate surface area is 84.6 Å². The highest BCUT2D eigenvalue weighted by molar-refractivity contribution is 4.90. The predicted molar refractivity (Wildman–Crippen MR) is 52.2 cm³/mol. The molecule has 0 amide bonds. The Bertz CT molecular complexity index is 188. The SMILES string of the molecule is COC1CCCC1N[C@@H]1COC[C@H]1O. The molecule has 2 N–H and O–H groups in total. The number of hydrogen-bond donors (Lipinski definition) is 2. The molecule has 1 saturated heterocycles. The van der Waals surface area contributed by atoms with Crippen molar-refractivity contribution in [1.29, 1.82) is 0 Å². The van der Waals surface area contributed by atoms with Gasteiger partial charge in [0.25, 0.3) is 0 Å². The van der Waals surface area contributed by atoms with E-state index in [0.29, 0.717) is 25.4 Å². The molecule has 4 heteroatoms. The monoisotopic (exact) mass is 201 g/mol. The van der Waals surface area contributed by atoms with Gasteiger partial charge in [-0.05, 0) is 19.3 Å². The number of aliphatic hydroxyl groups excluding tert-OH is 1. The van der Waals surface area contributed by atoms with Crippen LogP contribution >= 0.6 is 0 Å². The summed E-state index contributed by atoms with van der Waals surface area (Å²) in [6.07, 6.45) is 3.43. The maximum atomic E-state index is 9.58. The van der Waals surface area contributed by atoms with Crippen LogP contribution in [-0.4, -0.2) is 49.7 Å². The molecule has 2 fully saturated rings. The molecular weight excluding hydrogens is 182 g/mol. The minimum atomic E-state index is -0.354.